The summed E-state index contributed by atoms with van der Waals surface area (Å²) in [5.41, 5.74) is 0.738. The highest BCUT2D eigenvalue weighted by Crippen LogP contribution is 2.17. The zero-order valence-corrected chi connectivity index (χ0v) is 11.7. The summed E-state index contributed by atoms with van der Waals surface area (Å²) in [7, 11) is 0. The monoisotopic (exact) mass is 372 g/mol. The third-order valence-corrected chi connectivity index (χ3v) is 3.13. The highest BCUT2D eigenvalue weighted by molar-refractivity contribution is 14.1. The first-order chi connectivity index (χ1) is 9.06. The first-order valence-corrected chi connectivity index (χ1v) is 6.32. The van der Waals surface area contributed by atoms with E-state index < -0.39 is 11.9 Å². The number of rotatable bonds is 4. The number of nitrogens with one attached hydrogen (secondary N) is 1. The molecular weight excluding hydrogens is 363 g/mol. The molecule has 0 atom stereocenters. The third-order valence-electron chi connectivity index (χ3n) is 2.19. The van der Waals surface area contributed by atoms with Gasteiger partial charge in [-0.05, 0) is 34.7 Å². The molecule has 0 unspecified atom stereocenters. The van der Waals surface area contributed by atoms with Gasteiger partial charge in [-0.2, -0.15) is 0 Å². The zero-order valence-electron chi connectivity index (χ0n) is 9.58. The molecule has 0 aliphatic carbocycles. The average Bonchev–Trinajstić information content (AvgIpc) is 2.79. The first kappa shape index (κ1) is 13.5. The van der Waals surface area contributed by atoms with Crippen LogP contribution >= 0.6 is 22.6 Å². The topological polar surface area (TPSA) is 97.1 Å². The zero-order chi connectivity index (χ0) is 13.8. The lowest BCUT2D eigenvalue weighted by Gasteiger charge is -2.04. The van der Waals surface area contributed by atoms with Gasteiger partial charge in [-0.3, -0.25) is 9.59 Å². The second-order valence-electron chi connectivity index (χ2n) is 3.63. The molecule has 1 aromatic heterocycles. The summed E-state index contributed by atoms with van der Waals surface area (Å²) in [6.07, 6.45) is 1.29. The van der Waals surface area contributed by atoms with Gasteiger partial charge in [-0.1, -0.05) is 17.3 Å². The van der Waals surface area contributed by atoms with E-state index in [0.717, 1.165) is 8.25 Å². The number of carbonyl (C=O) groups excluding carboxylic acids is 1. The number of carboxylic acids is 1. The van der Waals surface area contributed by atoms with Crippen LogP contribution in [0, 0.1) is 3.57 Å². The lowest BCUT2D eigenvalue weighted by Crippen LogP contribution is -2.13. The second kappa shape index (κ2) is 5.78. The van der Waals surface area contributed by atoms with Gasteiger partial charge in [0.2, 0.25) is 0 Å². The first-order valence-electron chi connectivity index (χ1n) is 5.24. The number of amides is 1. The van der Waals surface area contributed by atoms with Gasteiger partial charge in [-0.15, -0.1) is 5.10 Å². The van der Waals surface area contributed by atoms with E-state index in [4.69, 9.17) is 5.11 Å². The van der Waals surface area contributed by atoms with E-state index >= 15 is 0 Å². The molecule has 19 heavy (non-hydrogen) atoms. The molecule has 0 radical (unpaired) electrons. The number of nitrogens with zero attached hydrogens (tertiary/aromatic N) is 3. The maximum atomic E-state index is 11.9. The van der Waals surface area contributed by atoms with Crippen molar-refractivity contribution in [2.75, 3.05) is 5.32 Å². The smallest absolute Gasteiger partial charge is 0.325 e. The largest absolute Gasteiger partial charge is 0.480 e. The SMILES string of the molecule is O=C(O)Cn1cc(C(=O)Nc2ccccc2I)nn1. The van der Waals surface area contributed by atoms with E-state index in [-0.39, 0.29) is 12.2 Å². The molecule has 98 valence electrons. The van der Waals surface area contributed by atoms with Crippen molar-refractivity contribution in [2.45, 2.75) is 6.54 Å². The second-order valence-corrected chi connectivity index (χ2v) is 4.79. The molecule has 8 heteroatoms. The van der Waals surface area contributed by atoms with Crippen LogP contribution in [-0.4, -0.2) is 32.0 Å². The van der Waals surface area contributed by atoms with E-state index in [1.807, 2.05) is 12.1 Å². The van der Waals surface area contributed by atoms with Crippen molar-refractivity contribution in [3.05, 3.63) is 39.7 Å². The molecule has 0 fully saturated rings. The van der Waals surface area contributed by atoms with Crippen LogP contribution in [0.25, 0.3) is 0 Å². The summed E-state index contributed by atoms with van der Waals surface area (Å²) < 4.78 is 1.99. The fourth-order valence-electron chi connectivity index (χ4n) is 1.37. The number of aromatic nitrogens is 3. The number of hydrogen-bond donors (Lipinski definition) is 2. The highest BCUT2D eigenvalue weighted by atomic mass is 127. The van der Waals surface area contributed by atoms with Crippen LogP contribution in [0.4, 0.5) is 5.69 Å². The maximum absolute atomic E-state index is 11.9. The van der Waals surface area contributed by atoms with Crippen LogP contribution in [-0.2, 0) is 11.3 Å². The van der Waals surface area contributed by atoms with Crippen molar-refractivity contribution in [2.24, 2.45) is 0 Å². The van der Waals surface area contributed by atoms with Gasteiger partial charge in [0.1, 0.15) is 6.54 Å². The lowest BCUT2D eigenvalue weighted by atomic mass is 10.3. The Bertz CT molecular complexity index is 626. The Labute approximate surface area is 121 Å². The molecule has 2 N–H and O–H groups in total. The molecule has 0 bridgehead atoms. The molecule has 2 aromatic rings. The minimum atomic E-state index is -1.05. The summed E-state index contributed by atoms with van der Waals surface area (Å²) in [5, 5.41) is 18.5. The van der Waals surface area contributed by atoms with Crippen LogP contribution < -0.4 is 5.32 Å². The fraction of sp³-hybridized carbons (Fsp3) is 0.0909. The Kier molecular flexibility index (Phi) is 4.10. The number of benzene rings is 1. The highest BCUT2D eigenvalue weighted by Gasteiger charge is 2.13. The number of carboxylic acid groups (broad SMARTS) is 1. The molecule has 7 nitrogen and oxygen atoms in total. The van der Waals surface area contributed by atoms with Crippen molar-refractivity contribution >= 4 is 40.2 Å². The predicted octanol–water partition coefficient (Wildman–Crippen LogP) is 1.22. The van der Waals surface area contributed by atoms with Gasteiger partial charge in [0.25, 0.3) is 5.91 Å². The molecule has 2 rings (SSSR count). The van der Waals surface area contributed by atoms with Crippen molar-refractivity contribution < 1.29 is 14.7 Å². The van der Waals surface area contributed by atoms with Crippen molar-refractivity contribution in [3.8, 4) is 0 Å². The lowest BCUT2D eigenvalue weighted by molar-refractivity contribution is -0.137. The van der Waals surface area contributed by atoms with Crippen molar-refractivity contribution in [1.82, 2.24) is 15.0 Å². The number of anilines is 1. The number of carbonyl (C=O) groups is 2. The molecule has 0 spiro atoms. The van der Waals surface area contributed by atoms with Crippen LogP contribution in [0.1, 0.15) is 10.5 Å². The van der Waals surface area contributed by atoms with Gasteiger partial charge < -0.3 is 10.4 Å². The Hall–Kier alpha value is -1.97. The summed E-state index contributed by atoms with van der Waals surface area (Å²) in [6, 6.07) is 7.29. The Morgan fingerprint density at radius 2 is 2.11 bits per heavy atom. The minimum Gasteiger partial charge on any atom is -0.480 e. The summed E-state index contributed by atoms with van der Waals surface area (Å²) in [4.78, 5) is 22.4. The Balaban J connectivity index is 2.10. The quantitative estimate of drug-likeness (QED) is 0.787. The number of hydrogen-bond acceptors (Lipinski definition) is 4. The van der Waals surface area contributed by atoms with Crippen LogP contribution in [0.2, 0.25) is 0 Å². The van der Waals surface area contributed by atoms with Crippen LogP contribution in [0.15, 0.2) is 30.5 Å². The normalized spacial score (nSPS) is 10.2. The summed E-state index contributed by atoms with van der Waals surface area (Å²) >= 11 is 2.10. The average molecular weight is 372 g/mol. The van der Waals surface area contributed by atoms with E-state index in [1.54, 1.807) is 12.1 Å². The molecule has 0 aliphatic rings. The maximum Gasteiger partial charge on any atom is 0.325 e. The Morgan fingerprint density at radius 1 is 1.37 bits per heavy atom. The molecule has 1 aromatic carbocycles. The number of para-hydroxylation sites is 1. The summed E-state index contributed by atoms with van der Waals surface area (Å²) in [5.74, 6) is -1.48. The van der Waals surface area contributed by atoms with E-state index in [0.29, 0.717) is 5.69 Å². The molecule has 1 amide bonds. The minimum absolute atomic E-state index is 0.0703. The molecular formula is C11H9IN4O3. The van der Waals surface area contributed by atoms with E-state index in [2.05, 4.69) is 38.2 Å². The third kappa shape index (κ3) is 3.50. The fourth-order valence-corrected chi connectivity index (χ4v) is 1.89. The number of halogens is 1. The van der Waals surface area contributed by atoms with Gasteiger partial charge in [0.15, 0.2) is 5.69 Å². The molecule has 0 saturated carbocycles. The van der Waals surface area contributed by atoms with E-state index in [1.165, 1.54) is 6.20 Å². The van der Waals surface area contributed by atoms with Gasteiger partial charge in [0.05, 0.1) is 11.9 Å². The van der Waals surface area contributed by atoms with Gasteiger partial charge in [-0.25, -0.2) is 4.68 Å². The number of aliphatic carboxylic acids is 1. The van der Waals surface area contributed by atoms with Crippen LogP contribution in [0.5, 0.6) is 0 Å². The predicted molar refractivity (Wildman–Crippen MR) is 74.8 cm³/mol. The standard InChI is InChI=1S/C11H9IN4O3/c12-7-3-1-2-4-8(7)13-11(19)9-5-16(15-14-9)6-10(17)18/h1-5H,6H2,(H,13,19)(H,17,18). The van der Waals surface area contributed by atoms with Gasteiger partial charge in [0, 0.05) is 3.57 Å². The molecule has 0 aliphatic heterocycles. The van der Waals surface area contributed by atoms with E-state index in [9.17, 15) is 9.59 Å². The Morgan fingerprint density at radius 3 is 2.79 bits per heavy atom. The molecule has 0 saturated heterocycles. The molecule has 1 heterocycles. The van der Waals surface area contributed by atoms with Crippen molar-refractivity contribution in [1.29, 1.82) is 0 Å². The van der Waals surface area contributed by atoms with Gasteiger partial charge >= 0.3 is 5.97 Å². The summed E-state index contributed by atoms with van der Waals surface area (Å²) in [6.45, 7) is -0.330. The van der Waals surface area contributed by atoms with Crippen molar-refractivity contribution in [3.63, 3.8) is 0 Å². The van der Waals surface area contributed by atoms with Crippen LogP contribution in [0.3, 0.4) is 0 Å².